The maximum Gasteiger partial charge on any atom is 0.228 e. The van der Waals surface area contributed by atoms with Crippen molar-refractivity contribution < 1.29 is 4.79 Å². The lowest BCUT2D eigenvalue weighted by Crippen LogP contribution is -2.25. The Balaban J connectivity index is 2.42. The van der Waals surface area contributed by atoms with Crippen LogP contribution >= 0.6 is 31.9 Å². The number of carbonyl (C=O) groups is 1. The number of carbonyl (C=O) groups excluding carboxylic acids is 1. The molecular formula is C13H11Br2NO. The highest BCUT2D eigenvalue weighted by molar-refractivity contribution is 9.11. The number of terminal acetylenes is 1. The number of hydrogen-bond donors (Lipinski definition) is 0. The van der Waals surface area contributed by atoms with Crippen molar-refractivity contribution in [2.75, 3.05) is 11.4 Å². The van der Waals surface area contributed by atoms with E-state index in [2.05, 4.69) is 37.8 Å². The van der Waals surface area contributed by atoms with Crippen LogP contribution in [0.15, 0.2) is 21.1 Å². The zero-order chi connectivity index (χ0) is 12.6. The number of nitrogens with zero attached hydrogens (tertiary/aromatic N) is 1. The Morgan fingerprint density at radius 2 is 2.00 bits per heavy atom. The predicted octanol–water partition coefficient (Wildman–Crippen LogP) is 3.51. The standard InChI is InChI=1S/C13H11Br2NO/c1-3-9-6-12(17)16(7-9)13-10(14)4-8(2)5-11(13)15/h1,4-5,9H,6-7H2,2H3. The number of halogens is 2. The molecule has 1 aliphatic heterocycles. The molecule has 0 bridgehead atoms. The second-order valence-electron chi connectivity index (χ2n) is 4.15. The van der Waals surface area contributed by atoms with Gasteiger partial charge in [0.25, 0.3) is 0 Å². The van der Waals surface area contributed by atoms with E-state index in [0.717, 1.165) is 20.2 Å². The Bertz CT molecular complexity index is 496. The number of aryl methyl sites for hydroxylation is 1. The van der Waals surface area contributed by atoms with Crippen LogP contribution < -0.4 is 4.90 Å². The van der Waals surface area contributed by atoms with Crippen molar-refractivity contribution in [3.63, 3.8) is 0 Å². The monoisotopic (exact) mass is 355 g/mol. The lowest BCUT2D eigenvalue weighted by atomic mass is 10.1. The average Bonchev–Trinajstić information content (AvgIpc) is 2.59. The SMILES string of the molecule is C#CC1CC(=O)N(c2c(Br)cc(C)cc2Br)C1. The largest absolute Gasteiger partial charge is 0.309 e. The summed E-state index contributed by atoms with van der Waals surface area (Å²) in [6.07, 6.45) is 5.82. The molecule has 0 aliphatic carbocycles. The molecule has 1 unspecified atom stereocenters. The quantitative estimate of drug-likeness (QED) is 0.705. The topological polar surface area (TPSA) is 20.3 Å². The van der Waals surface area contributed by atoms with E-state index in [9.17, 15) is 4.79 Å². The van der Waals surface area contributed by atoms with Gasteiger partial charge in [-0.15, -0.1) is 12.3 Å². The predicted molar refractivity (Wildman–Crippen MR) is 75.9 cm³/mol. The van der Waals surface area contributed by atoms with Crippen LogP contribution in [0.3, 0.4) is 0 Å². The van der Waals surface area contributed by atoms with Gasteiger partial charge in [-0.05, 0) is 56.5 Å². The van der Waals surface area contributed by atoms with Crippen LogP contribution in [-0.2, 0) is 4.79 Å². The van der Waals surface area contributed by atoms with Crippen molar-refractivity contribution >= 4 is 43.5 Å². The molecule has 0 aromatic heterocycles. The molecular weight excluding hydrogens is 346 g/mol. The van der Waals surface area contributed by atoms with Gasteiger partial charge in [0, 0.05) is 27.8 Å². The van der Waals surface area contributed by atoms with E-state index in [1.54, 1.807) is 4.90 Å². The highest BCUT2D eigenvalue weighted by Gasteiger charge is 2.31. The van der Waals surface area contributed by atoms with Gasteiger partial charge in [-0.2, -0.15) is 0 Å². The molecule has 1 amide bonds. The van der Waals surface area contributed by atoms with E-state index in [4.69, 9.17) is 6.42 Å². The molecule has 2 nitrogen and oxygen atoms in total. The zero-order valence-electron chi connectivity index (χ0n) is 9.34. The number of rotatable bonds is 1. The first-order chi connectivity index (χ1) is 8.02. The highest BCUT2D eigenvalue weighted by Crippen LogP contribution is 2.38. The van der Waals surface area contributed by atoms with Gasteiger partial charge in [0.2, 0.25) is 5.91 Å². The van der Waals surface area contributed by atoms with Gasteiger partial charge in [0.1, 0.15) is 0 Å². The summed E-state index contributed by atoms with van der Waals surface area (Å²) in [5, 5.41) is 0. The molecule has 1 aromatic carbocycles. The van der Waals surface area contributed by atoms with Crippen LogP contribution in [0.25, 0.3) is 0 Å². The van der Waals surface area contributed by atoms with Crippen LogP contribution in [0.4, 0.5) is 5.69 Å². The lowest BCUT2D eigenvalue weighted by molar-refractivity contribution is -0.117. The first kappa shape index (κ1) is 12.7. The van der Waals surface area contributed by atoms with Gasteiger partial charge in [0.05, 0.1) is 5.69 Å². The summed E-state index contributed by atoms with van der Waals surface area (Å²) >= 11 is 7.00. The fourth-order valence-corrected chi connectivity index (χ4v) is 3.83. The Kier molecular flexibility index (Phi) is 3.60. The molecule has 0 radical (unpaired) electrons. The Morgan fingerprint density at radius 1 is 1.41 bits per heavy atom. The molecule has 0 saturated carbocycles. The first-order valence-electron chi connectivity index (χ1n) is 5.25. The van der Waals surface area contributed by atoms with Gasteiger partial charge in [-0.1, -0.05) is 0 Å². The van der Waals surface area contributed by atoms with Crippen LogP contribution in [-0.4, -0.2) is 12.5 Å². The number of benzene rings is 1. The number of anilines is 1. The first-order valence-corrected chi connectivity index (χ1v) is 6.83. The molecule has 1 saturated heterocycles. The summed E-state index contributed by atoms with van der Waals surface area (Å²) in [6.45, 7) is 2.60. The van der Waals surface area contributed by atoms with Crippen LogP contribution in [0.5, 0.6) is 0 Å². The second kappa shape index (κ2) is 4.83. The third-order valence-electron chi connectivity index (χ3n) is 2.79. The maximum absolute atomic E-state index is 11.9. The van der Waals surface area contributed by atoms with Crippen molar-refractivity contribution in [3.05, 3.63) is 26.6 Å². The smallest absolute Gasteiger partial charge is 0.228 e. The number of hydrogen-bond acceptors (Lipinski definition) is 1. The molecule has 1 fully saturated rings. The van der Waals surface area contributed by atoms with E-state index < -0.39 is 0 Å². The van der Waals surface area contributed by atoms with E-state index in [1.165, 1.54) is 0 Å². The van der Waals surface area contributed by atoms with Crippen molar-refractivity contribution in [1.29, 1.82) is 0 Å². The molecule has 88 valence electrons. The van der Waals surface area contributed by atoms with Gasteiger partial charge in [-0.25, -0.2) is 0 Å². The minimum absolute atomic E-state index is 0.0163. The molecule has 0 N–H and O–H groups in total. The van der Waals surface area contributed by atoms with Gasteiger partial charge in [-0.3, -0.25) is 4.79 Å². The average molecular weight is 357 g/mol. The molecule has 1 heterocycles. The van der Waals surface area contributed by atoms with Gasteiger partial charge in [0.15, 0.2) is 0 Å². The number of amides is 1. The zero-order valence-corrected chi connectivity index (χ0v) is 12.5. The van der Waals surface area contributed by atoms with Crippen molar-refractivity contribution in [2.45, 2.75) is 13.3 Å². The summed E-state index contributed by atoms with van der Waals surface area (Å²) in [4.78, 5) is 13.7. The van der Waals surface area contributed by atoms with Crippen LogP contribution in [0, 0.1) is 25.2 Å². The van der Waals surface area contributed by atoms with E-state index >= 15 is 0 Å². The molecule has 2 rings (SSSR count). The van der Waals surface area contributed by atoms with Gasteiger partial charge < -0.3 is 4.90 Å². The molecule has 1 aliphatic rings. The van der Waals surface area contributed by atoms with Crippen molar-refractivity contribution in [3.8, 4) is 12.3 Å². The van der Waals surface area contributed by atoms with E-state index in [1.807, 2.05) is 19.1 Å². The van der Waals surface area contributed by atoms with Crippen molar-refractivity contribution in [2.24, 2.45) is 5.92 Å². The van der Waals surface area contributed by atoms with Crippen LogP contribution in [0.2, 0.25) is 0 Å². The fraction of sp³-hybridized carbons (Fsp3) is 0.308. The molecule has 4 heteroatoms. The van der Waals surface area contributed by atoms with E-state index in [-0.39, 0.29) is 11.8 Å². The normalized spacial score (nSPS) is 19.5. The minimum atomic E-state index is 0.0163. The highest BCUT2D eigenvalue weighted by atomic mass is 79.9. The Hall–Kier alpha value is -0.790. The molecule has 17 heavy (non-hydrogen) atoms. The third kappa shape index (κ3) is 2.41. The molecule has 0 spiro atoms. The minimum Gasteiger partial charge on any atom is -0.309 e. The Morgan fingerprint density at radius 3 is 2.47 bits per heavy atom. The Labute approximate surface area is 118 Å². The van der Waals surface area contributed by atoms with Gasteiger partial charge >= 0.3 is 0 Å². The molecule has 1 aromatic rings. The summed E-state index contributed by atoms with van der Waals surface area (Å²) in [6, 6.07) is 3.99. The summed E-state index contributed by atoms with van der Waals surface area (Å²) < 4.78 is 1.82. The van der Waals surface area contributed by atoms with Crippen molar-refractivity contribution in [1.82, 2.24) is 0 Å². The maximum atomic E-state index is 11.9. The fourth-order valence-electron chi connectivity index (χ4n) is 1.99. The second-order valence-corrected chi connectivity index (χ2v) is 5.86. The summed E-state index contributed by atoms with van der Waals surface area (Å²) in [5.41, 5.74) is 2.01. The summed E-state index contributed by atoms with van der Waals surface area (Å²) in [5.74, 6) is 2.75. The lowest BCUT2D eigenvalue weighted by Gasteiger charge is -2.20. The van der Waals surface area contributed by atoms with E-state index in [0.29, 0.717) is 13.0 Å². The third-order valence-corrected chi connectivity index (χ3v) is 4.00. The summed E-state index contributed by atoms with van der Waals surface area (Å²) in [7, 11) is 0. The molecule has 1 atom stereocenters. The van der Waals surface area contributed by atoms with Crippen LogP contribution in [0.1, 0.15) is 12.0 Å².